The molecule has 3 N–H and O–H groups in total. The maximum atomic E-state index is 3.61. The molecule has 3 nitrogen and oxygen atoms in total. The summed E-state index contributed by atoms with van der Waals surface area (Å²) in [6, 6.07) is 0. The van der Waals surface area contributed by atoms with Crippen LogP contribution in [0, 0.1) is 0 Å². The van der Waals surface area contributed by atoms with Crippen LogP contribution >= 0.6 is 0 Å². The van der Waals surface area contributed by atoms with E-state index in [0.717, 1.165) is 0 Å². The van der Waals surface area contributed by atoms with Crippen LogP contribution in [0.3, 0.4) is 0 Å². The van der Waals surface area contributed by atoms with E-state index >= 15 is 0 Å². The van der Waals surface area contributed by atoms with Crippen molar-refractivity contribution < 1.29 is 0 Å². The molecular weight excluding hydrogens is 294 g/mol. The second-order valence-electron chi connectivity index (χ2n) is 7.55. The van der Waals surface area contributed by atoms with Crippen LogP contribution in [-0.2, 0) is 0 Å². The van der Waals surface area contributed by atoms with Crippen molar-refractivity contribution >= 4 is 0 Å². The summed E-state index contributed by atoms with van der Waals surface area (Å²) in [6.07, 6.45) is 20.8. The summed E-state index contributed by atoms with van der Waals surface area (Å²) in [7, 11) is 0. The van der Waals surface area contributed by atoms with Gasteiger partial charge in [0.1, 0.15) is 0 Å². The lowest BCUT2D eigenvalue weighted by Crippen LogP contribution is -2.18. The molecule has 1 aliphatic heterocycles. The highest BCUT2D eigenvalue weighted by atomic mass is 14.8. The molecule has 144 valence electrons. The van der Waals surface area contributed by atoms with Crippen LogP contribution in [0.1, 0.15) is 96.3 Å². The summed E-state index contributed by atoms with van der Waals surface area (Å²) in [5, 5.41) is 10.8. The molecule has 0 bridgehead atoms. The molecule has 1 saturated heterocycles. The molecule has 0 aromatic rings. The molecule has 1 fully saturated rings. The van der Waals surface area contributed by atoms with Gasteiger partial charge >= 0.3 is 0 Å². The van der Waals surface area contributed by atoms with Gasteiger partial charge in [0.25, 0.3) is 0 Å². The van der Waals surface area contributed by atoms with Gasteiger partial charge in [0.2, 0.25) is 0 Å². The van der Waals surface area contributed by atoms with Crippen LogP contribution in [0.5, 0.6) is 0 Å². The average molecular weight is 340 g/mol. The van der Waals surface area contributed by atoms with Gasteiger partial charge in [-0.05, 0) is 77.8 Å². The maximum absolute atomic E-state index is 3.61. The molecule has 1 aliphatic rings. The minimum absolute atomic E-state index is 1.22. The summed E-state index contributed by atoms with van der Waals surface area (Å²) < 4.78 is 0. The summed E-state index contributed by atoms with van der Waals surface area (Å²) in [5.41, 5.74) is 0. The van der Waals surface area contributed by atoms with Crippen LogP contribution in [0.4, 0.5) is 0 Å². The lowest BCUT2D eigenvalue weighted by molar-refractivity contribution is 0.516. The lowest BCUT2D eigenvalue weighted by Gasteiger charge is -2.08. The van der Waals surface area contributed by atoms with E-state index in [1.807, 2.05) is 0 Å². The Balaban J connectivity index is 2.00. The third kappa shape index (κ3) is 16.7. The fraction of sp³-hybridized carbons (Fsp3) is 1.00. The van der Waals surface area contributed by atoms with E-state index in [0.29, 0.717) is 0 Å². The highest BCUT2D eigenvalue weighted by Gasteiger charge is 1.95. The Hall–Kier alpha value is -0.120. The van der Waals surface area contributed by atoms with Crippen molar-refractivity contribution in [1.29, 1.82) is 0 Å². The second-order valence-corrected chi connectivity index (χ2v) is 7.55. The molecular formula is C21H45N3. The first-order valence-corrected chi connectivity index (χ1v) is 11.1. The molecule has 0 saturated carbocycles. The van der Waals surface area contributed by atoms with Gasteiger partial charge in [-0.3, -0.25) is 0 Å². The average Bonchev–Trinajstić information content (AvgIpc) is 2.59. The normalized spacial score (nSPS) is 24.0. The smallest absolute Gasteiger partial charge is 0.00489 e. The van der Waals surface area contributed by atoms with E-state index in [1.54, 1.807) is 0 Å². The van der Waals surface area contributed by atoms with Crippen LogP contribution < -0.4 is 16.0 Å². The van der Waals surface area contributed by atoms with Crippen molar-refractivity contribution in [2.75, 3.05) is 39.3 Å². The van der Waals surface area contributed by atoms with Crippen LogP contribution in [-0.4, -0.2) is 39.3 Å². The molecule has 0 radical (unpaired) electrons. The Kier molecular flexibility index (Phi) is 17.5. The van der Waals surface area contributed by atoms with Gasteiger partial charge in [-0.15, -0.1) is 0 Å². The highest BCUT2D eigenvalue weighted by Crippen LogP contribution is 2.05. The zero-order chi connectivity index (χ0) is 17.0. The minimum Gasteiger partial charge on any atom is -0.317 e. The first-order chi connectivity index (χ1) is 12.0. The standard InChI is InChI=1S/C21H45N3/c1-4-10-16-22-18-12-6-2-8-14-20-24-21-15-9-3-7-13-19-23-17-11-5-1/h22-24H,1-21H2. The second kappa shape index (κ2) is 19.2. The zero-order valence-electron chi connectivity index (χ0n) is 16.3. The fourth-order valence-electron chi connectivity index (χ4n) is 3.47. The molecule has 0 aromatic carbocycles. The molecule has 0 aromatic heterocycles. The van der Waals surface area contributed by atoms with Crippen molar-refractivity contribution in [3.63, 3.8) is 0 Å². The minimum atomic E-state index is 1.22. The first kappa shape index (κ1) is 21.9. The molecule has 0 unspecified atom stereocenters. The lowest BCUT2D eigenvalue weighted by atomic mass is 10.1. The van der Waals surface area contributed by atoms with Crippen molar-refractivity contribution in [2.45, 2.75) is 96.3 Å². The van der Waals surface area contributed by atoms with Crippen LogP contribution in [0.15, 0.2) is 0 Å². The van der Waals surface area contributed by atoms with Gasteiger partial charge < -0.3 is 16.0 Å². The Bertz CT molecular complexity index is 123. The third-order valence-corrected chi connectivity index (χ3v) is 5.12. The Morgan fingerprint density at radius 3 is 0.583 bits per heavy atom. The predicted molar refractivity (Wildman–Crippen MR) is 108 cm³/mol. The van der Waals surface area contributed by atoms with Gasteiger partial charge in [-0.2, -0.15) is 0 Å². The summed E-state index contributed by atoms with van der Waals surface area (Å²) in [4.78, 5) is 0. The Morgan fingerprint density at radius 1 is 0.208 bits per heavy atom. The monoisotopic (exact) mass is 339 g/mol. The van der Waals surface area contributed by atoms with E-state index in [4.69, 9.17) is 0 Å². The number of hydrogen-bond acceptors (Lipinski definition) is 3. The largest absolute Gasteiger partial charge is 0.317 e. The van der Waals surface area contributed by atoms with Gasteiger partial charge in [-0.1, -0.05) is 57.8 Å². The third-order valence-electron chi connectivity index (χ3n) is 5.12. The van der Waals surface area contributed by atoms with Gasteiger partial charge in [0.05, 0.1) is 0 Å². The van der Waals surface area contributed by atoms with Gasteiger partial charge in [0.15, 0.2) is 0 Å². The number of rotatable bonds is 0. The van der Waals surface area contributed by atoms with E-state index < -0.39 is 0 Å². The van der Waals surface area contributed by atoms with E-state index in [-0.39, 0.29) is 0 Å². The van der Waals surface area contributed by atoms with Gasteiger partial charge in [0, 0.05) is 0 Å². The number of hydrogen-bond donors (Lipinski definition) is 3. The van der Waals surface area contributed by atoms with Gasteiger partial charge in [-0.25, -0.2) is 0 Å². The van der Waals surface area contributed by atoms with Crippen molar-refractivity contribution in [3.8, 4) is 0 Å². The van der Waals surface area contributed by atoms with Crippen LogP contribution in [0.25, 0.3) is 0 Å². The summed E-state index contributed by atoms with van der Waals surface area (Å²) in [5.74, 6) is 0. The molecule has 24 heavy (non-hydrogen) atoms. The molecule has 1 heterocycles. The topological polar surface area (TPSA) is 36.1 Å². The number of nitrogens with one attached hydrogen (secondary N) is 3. The van der Waals surface area contributed by atoms with Crippen LogP contribution in [0.2, 0.25) is 0 Å². The Morgan fingerprint density at radius 2 is 0.375 bits per heavy atom. The highest BCUT2D eigenvalue weighted by molar-refractivity contribution is 4.55. The molecule has 0 aliphatic carbocycles. The summed E-state index contributed by atoms with van der Waals surface area (Å²) in [6.45, 7) is 7.35. The van der Waals surface area contributed by atoms with Crippen molar-refractivity contribution in [3.05, 3.63) is 0 Å². The quantitative estimate of drug-likeness (QED) is 0.602. The first-order valence-electron chi connectivity index (χ1n) is 11.1. The fourth-order valence-corrected chi connectivity index (χ4v) is 3.47. The van der Waals surface area contributed by atoms with Crippen molar-refractivity contribution in [1.82, 2.24) is 16.0 Å². The van der Waals surface area contributed by atoms with E-state index in [1.165, 1.54) is 136 Å². The molecule has 0 atom stereocenters. The zero-order valence-corrected chi connectivity index (χ0v) is 16.3. The summed E-state index contributed by atoms with van der Waals surface area (Å²) >= 11 is 0. The SMILES string of the molecule is C1CCCNCCCCCCCNCCCCCCCNCCC1. The molecule has 0 amide bonds. The van der Waals surface area contributed by atoms with Crippen molar-refractivity contribution in [2.24, 2.45) is 0 Å². The Labute approximate surface area is 152 Å². The predicted octanol–water partition coefficient (Wildman–Crippen LogP) is 4.62. The maximum Gasteiger partial charge on any atom is -0.00489 e. The van der Waals surface area contributed by atoms with E-state index in [2.05, 4.69) is 16.0 Å². The molecule has 3 heteroatoms. The molecule has 1 rings (SSSR count). The molecule has 0 spiro atoms. The van der Waals surface area contributed by atoms with E-state index in [9.17, 15) is 0 Å².